The first-order valence-electron chi connectivity index (χ1n) is 6.97. The Morgan fingerprint density at radius 3 is 2.52 bits per heavy atom. The number of aryl methyl sites for hydroxylation is 1. The van der Waals surface area contributed by atoms with Crippen molar-refractivity contribution in [3.05, 3.63) is 17.7 Å². The topological polar surface area (TPSA) is 102 Å². The molecule has 0 amide bonds. The van der Waals surface area contributed by atoms with Gasteiger partial charge in [0, 0.05) is 18.8 Å². The molecule has 0 aliphatic carbocycles. The van der Waals surface area contributed by atoms with Gasteiger partial charge in [0.25, 0.3) is 0 Å². The summed E-state index contributed by atoms with van der Waals surface area (Å²) in [5.74, 6) is 0.287. The molecule has 0 aliphatic heterocycles. The number of aliphatic hydroxyl groups is 1. The molecule has 0 unspecified atom stereocenters. The third kappa shape index (κ3) is 5.18. The predicted octanol–water partition coefficient (Wildman–Crippen LogP) is 1.42. The Hall–Kier alpha value is -1.31. The molecule has 0 fully saturated rings. The van der Waals surface area contributed by atoms with Crippen LogP contribution in [0, 0.1) is 6.92 Å². The van der Waals surface area contributed by atoms with Gasteiger partial charge in [-0.25, -0.2) is 13.1 Å². The van der Waals surface area contributed by atoms with Crippen LogP contribution in [0.5, 0.6) is 5.75 Å². The summed E-state index contributed by atoms with van der Waals surface area (Å²) in [6.07, 6.45) is 3.23. The molecule has 1 aromatic carbocycles. The molecule has 0 aliphatic rings. The van der Waals surface area contributed by atoms with Crippen molar-refractivity contribution >= 4 is 15.7 Å². The van der Waals surface area contributed by atoms with E-state index >= 15 is 0 Å². The minimum Gasteiger partial charge on any atom is -0.495 e. The molecule has 0 saturated heterocycles. The molecule has 0 heterocycles. The lowest BCUT2D eigenvalue weighted by Gasteiger charge is -2.13. The number of nitrogen functional groups attached to an aromatic ring is 1. The van der Waals surface area contributed by atoms with E-state index in [0.29, 0.717) is 12.2 Å². The van der Waals surface area contributed by atoms with Gasteiger partial charge in [-0.3, -0.25) is 0 Å². The number of sulfonamides is 1. The lowest BCUT2D eigenvalue weighted by atomic mass is 10.2. The zero-order chi connectivity index (χ0) is 15.9. The molecule has 1 aromatic rings. The van der Waals surface area contributed by atoms with E-state index in [9.17, 15) is 8.42 Å². The van der Waals surface area contributed by atoms with Crippen molar-refractivity contribution in [2.24, 2.45) is 0 Å². The third-order valence-corrected chi connectivity index (χ3v) is 4.70. The van der Waals surface area contributed by atoms with Crippen molar-refractivity contribution in [2.45, 2.75) is 37.5 Å². The summed E-state index contributed by atoms with van der Waals surface area (Å²) in [7, 11) is -2.21. The Morgan fingerprint density at radius 2 is 1.90 bits per heavy atom. The van der Waals surface area contributed by atoms with Gasteiger partial charge in [0.1, 0.15) is 10.6 Å². The predicted molar refractivity (Wildman–Crippen MR) is 82.9 cm³/mol. The van der Waals surface area contributed by atoms with E-state index in [1.54, 1.807) is 13.0 Å². The molecule has 0 saturated carbocycles. The molecule has 0 bridgehead atoms. The minimum absolute atomic E-state index is 0.0588. The SMILES string of the molecule is COc1cc(C)c(N)cc1S(=O)(=O)NCCCCCCO. The molecule has 0 atom stereocenters. The number of benzene rings is 1. The smallest absolute Gasteiger partial charge is 0.244 e. The van der Waals surface area contributed by atoms with Crippen LogP contribution in [0.15, 0.2) is 17.0 Å². The summed E-state index contributed by atoms with van der Waals surface area (Å²) in [4.78, 5) is 0.0588. The van der Waals surface area contributed by atoms with Crippen LogP contribution in [-0.2, 0) is 10.0 Å². The number of rotatable bonds is 9. The van der Waals surface area contributed by atoms with Gasteiger partial charge in [-0.2, -0.15) is 0 Å². The number of unbranched alkanes of at least 4 members (excludes halogenated alkanes) is 3. The maximum Gasteiger partial charge on any atom is 0.244 e. The zero-order valence-electron chi connectivity index (χ0n) is 12.6. The van der Waals surface area contributed by atoms with Crippen molar-refractivity contribution in [1.29, 1.82) is 0 Å². The highest BCUT2D eigenvalue weighted by Gasteiger charge is 2.20. The summed E-state index contributed by atoms with van der Waals surface area (Å²) in [5.41, 5.74) is 6.97. The van der Waals surface area contributed by atoms with Crippen molar-refractivity contribution in [2.75, 3.05) is 26.0 Å². The number of nitrogens with one attached hydrogen (secondary N) is 1. The first-order chi connectivity index (χ1) is 9.92. The second kappa shape index (κ2) is 8.21. The van der Waals surface area contributed by atoms with Crippen LogP contribution in [-0.4, -0.2) is 33.8 Å². The lowest BCUT2D eigenvalue weighted by molar-refractivity contribution is 0.282. The molecular formula is C14H24N2O4S. The van der Waals surface area contributed by atoms with Crippen LogP contribution in [0.4, 0.5) is 5.69 Å². The highest BCUT2D eigenvalue weighted by Crippen LogP contribution is 2.28. The standard InChI is InChI=1S/C14H24N2O4S/c1-11-9-13(20-2)14(10-12(11)15)21(18,19)16-7-5-3-4-6-8-17/h9-10,16-17H,3-8,15H2,1-2H3. The minimum atomic E-state index is -3.64. The van der Waals surface area contributed by atoms with Crippen LogP contribution in [0.25, 0.3) is 0 Å². The lowest BCUT2D eigenvalue weighted by Crippen LogP contribution is -2.25. The van der Waals surface area contributed by atoms with Crippen LogP contribution < -0.4 is 15.2 Å². The number of hydrogen-bond acceptors (Lipinski definition) is 5. The quantitative estimate of drug-likeness (QED) is 0.472. The fourth-order valence-corrected chi connectivity index (χ4v) is 3.18. The van der Waals surface area contributed by atoms with E-state index in [1.807, 2.05) is 0 Å². The van der Waals surface area contributed by atoms with Gasteiger partial charge in [0.2, 0.25) is 10.0 Å². The van der Waals surface area contributed by atoms with Gasteiger partial charge in [-0.05, 0) is 37.5 Å². The first-order valence-corrected chi connectivity index (χ1v) is 8.45. The highest BCUT2D eigenvalue weighted by atomic mass is 32.2. The van der Waals surface area contributed by atoms with E-state index in [-0.39, 0.29) is 17.3 Å². The zero-order valence-corrected chi connectivity index (χ0v) is 13.4. The average molecular weight is 316 g/mol. The second-order valence-corrected chi connectivity index (χ2v) is 6.63. The summed E-state index contributed by atoms with van der Waals surface area (Å²) in [5, 5.41) is 8.67. The summed E-state index contributed by atoms with van der Waals surface area (Å²) in [6.45, 7) is 2.32. The van der Waals surface area contributed by atoms with Crippen LogP contribution in [0.1, 0.15) is 31.2 Å². The van der Waals surface area contributed by atoms with Gasteiger partial charge >= 0.3 is 0 Å². The Labute approximate surface area is 126 Å². The molecule has 4 N–H and O–H groups in total. The molecule has 120 valence electrons. The molecule has 1 rings (SSSR count). The van der Waals surface area contributed by atoms with Gasteiger partial charge in [-0.1, -0.05) is 12.8 Å². The van der Waals surface area contributed by atoms with Gasteiger partial charge in [0.15, 0.2) is 0 Å². The maximum atomic E-state index is 12.3. The van der Waals surface area contributed by atoms with Gasteiger partial charge in [-0.15, -0.1) is 0 Å². The van der Waals surface area contributed by atoms with E-state index in [0.717, 1.165) is 31.2 Å². The first kappa shape index (κ1) is 17.7. The number of ether oxygens (including phenoxy) is 1. The Kier molecular flexibility index (Phi) is 6.94. The number of methoxy groups -OCH3 is 1. The molecule has 21 heavy (non-hydrogen) atoms. The molecule has 6 nitrogen and oxygen atoms in total. The molecule has 0 spiro atoms. The normalized spacial score (nSPS) is 11.6. The van der Waals surface area contributed by atoms with E-state index in [4.69, 9.17) is 15.6 Å². The highest BCUT2D eigenvalue weighted by molar-refractivity contribution is 7.89. The number of aliphatic hydroxyl groups excluding tert-OH is 1. The third-order valence-electron chi connectivity index (χ3n) is 3.22. The largest absolute Gasteiger partial charge is 0.495 e. The number of hydrogen-bond donors (Lipinski definition) is 3. The Bertz CT molecular complexity index is 558. The second-order valence-electron chi connectivity index (χ2n) is 4.90. The molecule has 0 aromatic heterocycles. The van der Waals surface area contributed by atoms with E-state index in [1.165, 1.54) is 13.2 Å². The van der Waals surface area contributed by atoms with Gasteiger partial charge < -0.3 is 15.6 Å². The average Bonchev–Trinajstić information content (AvgIpc) is 2.45. The fraction of sp³-hybridized carbons (Fsp3) is 0.571. The maximum absolute atomic E-state index is 12.3. The molecular weight excluding hydrogens is 292 g/mol. The number of nitrogens with two attached hydrogens (primary N) is 1. The monoisotopic (exact) mass is 316 g/mol. The Morgan fingerprint density at radius 1 is 1.24 bits per heavy atom. The molecule has 0 radical (unpaired) electrons. The van der Waals surface area contributed by atoms with Gasteiger partial charge in [0.05, 0.1) is 7.11 Å². The van der Waals surface area contributed by atoms with Crippen LogP contribution in [0.2, 0.25) is 0 Å². The van der Waals surface area contributed by atoms with Crippen molar-refractivity contribution in [1.82, 2.24) is 4.72 Å². The number of anilines is 1. The summed E-state index contributed by atoms with van der Waals surface area (Å²) < 4.78 is 32.2. The van der Waals surface area contributed by atoms with E-state index < -0.39 is 10.0 Å². The van der Waals surface area contributed by atoms with Crippen molar-refractivity contribution < 1.29 is 18.3 Å². The fourth-order valence-electron chi connectivity index (χ4n) is 1.92. The van der Waals surface area contributed by atoms with Crippen LogP contribution in [0.3, 0.4) is 0 Å². The summed E-state index contributed by atoms with van der Waals surface area (Å²) in [6, 6.07) is 3.04. The molecule has 7 heteroatoms. The Balaban J connectivity index is 2.72. The van der Waals surface area contributed by atoms with Crippen LogP contribution >= 0.6 is 0 Å². The summed E-state index contributed by atoms with van der Waals surface area (Å²) >= 11 is 0. The van der Waals surface area contributed by atoms with E-state index in [2.05, 4.69) is 4.72 Å². The van der Waals surface area contributed by atoms with Crippen molar-refractivity contribution in [3.8, 4) is 5.75 Å². The van der Waals surface area contributed by atoms with Crippen molar-refractivity contribution in [3.63, 3.8) is 0 Å².